The Hall–Kier alpha value is -1.68. The quantitative estimate of drug-likeness (QED) is 0.909. The van der Waals surface area contributed by atoms with Crippen LogP contribution in [-0.2, 0) is 11.2 Å². The number of carbonyl (C=O) groups excluding carboxylic acids is 1. The second kappa shape index (κ2) is 5.53. The van der Waals surface area contributed by atoms with Crippen molar-refractivity contribution in [3.63, 3.8) is 0 Å². The van der Waals surface area contributed by atoms with Crippen molar-refractivity contribution in [2.75, 3.05) is 6.54 Å². The summed E-state index contributed by atoms with van der Waals surface area (Å²) in [4.78, 5) is 16.2. The first kappa shape index (κ1) is 12.4. The Morgan fingerprint density at radius 1 is 1.37 bits per heavy atom. The first-order valence-electron chi connectivity index (χ1n) is 6.55. The first-order chi connectivity index (χ1) is 9.34. The Kier molecular flexibility index (Phi) is 3.60. The number of benzene rings is 1. The molecule has 3 rings (SSSR count). The van der Waals surface area contributed by atoms with Crippen molar-refractivity contribution in [2.24, 2.45) is 5.92 Å². The lowest BCUT2D eigenvalue weighted by Gasteiger charge is -2.03. The molecule has 1 saturated carbocycles. The molecule has 1 heterocycles. The molecule has 0 bridgehead atoms. The number of hydrogen-bond donors (Lipinski definition) is 1. The van der Waals surface area contributed by atoms with E-state index in [0.29, 0.717) is 12.5 Å². The summed E-state index contributed by atoms with van der Waals surface area (Å²) in [6.07, 6.45) is 3.60. The van der Waals surface area contributed by atoms with Crippen molar-refractivity contribution in [1.29, 1.82) is 0 Å². The van der Waals surface area contributed by atoms with Gasteiger partial charge in [-0.3, -0.25) is 4.79 Å². The van der Waals surface area contributed by atoms with E-state index >= 15 is 0 Å². The van der Waals surface area contributed by atoms with E-state index in [-0.39, 0.29) is 11.8 Å². The number of nitrogens with one attached hydrogen (secondary N) is 1. The Bertz CT molecular complexity index is 539. The van der Waals surface area contributed by atoms with E-state index < -0.39 is 0 Å². The van der Waals surface area contributed by atoms with E-state index in [4.69, 9.17) is 0 Å². The lowest BCUT2D eigenvalue weighted by atomic mass is 10.1. The van der Waals surface area contributed by atoms with Crippen LogP contribution in [0.25, 0.3) is 0 Å². The zero-order chi connectivity index (χ0) is 13.1. The lowest BCUT2D eigenvalue weighted by molar-refractivity contribution is -0.122. The summed E-state index contributed by atoms with van der Waals surface area (Å²) < 4.78 is 0. The third kappa shape index (κ3) is 3.01. The molecule has 1 aliphatic rings. The van der Waals surface area contributed by atoms with Crippen molar-refractivity contribution >= 4 is 17.2 Å². The Morgan fingerprint density at radius 2 is 2.21 bits per heavy atom. The molecule has 0 aliphatic heterocycles. The molecule has 2 aromatic rings. The predicted octanol–water partition coefficient (Wildman–Crippen LogP) is 2.61. The number of nitrogens with zero attached hydrogens (tertiary/aromatic N) is 1. The van der Waals surface area contributed by atoms with Gasteiger partial charge in [-0.1, -0.05) is 30.3 Å². The minimum Gasteiger partial charge on any atom is -0.355 e. The predicted molar refractivity (Wildman–Crippen MR) is 76.1 cm³/mol. The van der Waals surface area contributed by atoms with Crippen molar-refractivity contribution in [3.05, 3.63) is 52.5 Å². The molecule has 4 heteroatoms. The minimum absolute atomic E-state index is 0.165. The Morgan fingerprint density at radius 3 is 2.95 bits per heavy atom. The molecule has 1 fully saturated rings. The summed E-state index contributed by atoms with van der Waals surface area (Å²) in [6, 6.07) is 10.3. The number of rotatable bonds is 5. The van der Waals surface area contributed by atoms with Crippen LogP contribution in [0.15, 0.2) is 41.9 Å². The van der Waals surface area contributed by atoms with Gasteiger partial charge in [-0.2, -0.15) is 0 Å². The first-order valence-corrected chi connectivity index (χ1v) is 7.43. The summed E-state index contributed by atoms with van der Waals surface area (Å²) in [5.74, 6) is 0.769. The minimum atomic E-state index is 0.165. The maximum absolute atomic E-state index is 12.0. The fourth-order valence-electron chi connectivity index (χ4n) is 2.35. The third-order valence-electron chi connectivity index (χ3n) is 3.48. The van der Waals surface area contributed by atoms with Gasteiger partial charge in [0, 0.05) is 30.5 Å². The van der Waals surface area contributed by atoms with Crippen molar-refractivity contribution in [3.8, 4) is 0 Å². The van der Waals surface area contributed by atoms with E-state index in [1.54, 1.807) is 17.5 Å². The van der Waals surface area contributed by atoms with Gasteiger partial charge in [-0.05, 0) is 17.9 Å². The topological polar surface area (TPSA) is 42.0 Å². The molecule has 0 saturated heterocycles. The summed E-state index contributed by atoms with van der Waals surface area (Å²) in [5.41, 5.74) is 1.28. The van der Waals surface area contributed by atoms with Gasteiger partial charge < -0.3 is 5.32 Å². The maximum atomic E-state index is 12.0. The molecule has 98 valence electrons. The summed E-state index contributed by atoms with van der Waals surface area (Å²) >= 11 is 1.63. The average Bonchev–Trinajstić information content (AvgIpc) is 3.09. The molecular weight excluding hydrogens is 256 g/mol. The van der Waals surface area contributed by atoms with Crippen LogP contribution in [0.1, 0.15) is 22.9 Å². The van der Waals surface area contributed by atoms with Gasteiger partial charge in [0.25, 0.3) is 0 Å². The molecule has 3 nitrogen and oxygen atoms in total. The van der Waals surface area contributed by atoms with Crippen molar-refractivity contribution < 1.29 is 4.79 Å². The molecule has 1 aromatic heterocycles. The molecule has 19 heavy (non-hydrogen) atoms. The normalized spacial score (nSPS) is 21.1. The number of thiazole rings is 1. The van der Waals surface area contributed by atoms with E-state index in [1.165, 1.54) is 5.56 Å². The van der Waals surface area contributed by atoms with Crippen LogP contribution in [0.3, 0.4) is 0 Å². The van der Waals surface area contributed by atoms with Crippen LogP contribution in [-0.4, -0.2) is 17.4 Å². The molecule has 1 amide bonds. The SMILES string of the molecule is O=C(NCCc1nccs1)[C@@H]1C[C@H]1c1ccccc1. The van der Waals surface area contributed by atoms with Crippen LogP contribution in [0.4, 0.5) is 0 Å². The fraction of sp³-hybridized carbons (Fsp3) is 0.333. The van der Waals surface area contributed by atoms with E-state index in [0.717, 1.165) is 17.8 Å². The molecule has 1 N–H and O–H groups in total. The summed E-state index contributed by atoms with van der Waals surface area (Å²) in [7, 11) is 0. The van der Waals surface area contributed by atoms with Crippen molar-refractivity contribution in [1.82, 2.24) is 10.3 Å². The highest BCUT2D eigenvalue weighted by atomic mass is 32.1. The van der Waals surface area contributed by atoms with Gasteiger partial charge in [0.1, 0.15) is 0 Å². The number of amides is 1. The largest absolute Gasteiger partial charge is 0.355 e. The van der Waals surface area contributed by atoms with E-state index in [9.17, 15) is 4.79 Å². The maximum Gasteiger partial charge on any atom is 0.223 e. The third-order valence-corrected chi connectivity index (χ3v) is 4.32. The number of carbonyl (C=O) groups is 1. The van der Waals surface area contributed by atoms with E-state index in [1.807, 2.05) is 23.6 Å². The Labute approximate surface area is 116 Å². The zero-order valence-corrected chi connectivity index (χ0v) is 11.4. The molecule has 0 unspecified atom stereocenters. The zero-order valence-electron chi connectivity index (χ0n) is 10.6. The second-order valence-electron chi connectivity index (χ2n) is 4.83. The van der Waals surface area contributed by atoms with Crippen LogP contribution in [0.2, 0.25) is 0 Å². The highest BCUT2D eigenvalue weighted by Gasteiger charge is 2.43. The van der Waals surface area contributed by atoms with Crippen LogP contribution < -0.4 is 5.32 Å². The van der Waals surface area contributed by atoms with E-state index in [2.05, 4.69) is 22.4 Å². The second-order valence-corrected chi connectivity index (χ2v) is 5.81. The lowest BCUT2D eigenvalue weighted by Crippen LogP contribution is -2.27. The van der Waals surface area contributed by atoms with Gasteiger partial charge >= 0.3 is 0 Å². The molecule has 2 atom stereocenters. The number of aromatic nitrogens is 1. The Balaban J connectivity index is 1.45. The molecule has 1 aromatic carbocycles. The highest BCUT2D eigenvalue weighted by molar-refractivity contribution is 7.09. The fourth-order valence-corrected chi connectivity index (χ4v) is 2.97. The van der Waals surface area contributed by atoms with Gasteiger partial charge in [-0.15, -0.1) is 11.3 Å². The summed E-state index contributed by atoms with van der Waals surface area (Å²) in [6.45, 7) is 0.685. The monoisotopic (exact) mass is 272 g/mol. The van der Waals surface area contributed by atoms with Crippen LogP contribution >= 0.6 is 11.3 Å². The molecule has 0 radical (unpaired) electrons. The van der Waals surface area contributed by atoms with Gasteiger partial charge in [0.2, 0.25) is 5.91 Å². The average molecular weight is 272 g/mol. The van der Waals surface area contributed by atoms with Gasteiger partial charge in [0.05, 0.1) is 5.01 Å². The van der Waals surface area contributed by atoms with Gasteiger partial charge in [-0.25, -0.2) is 4.98 Å². The van der Waals surface area contributed by atoms with Gasteiger partial charge in [0.15, 0.2) is 0 Å². The standard InChI is InChI=1S/C15H16N2OS/c18-15(17-7-6-14-16-8-9-19-14)13-10-12(13)11-4-2-1-3-5-11/h1-5,8-9,12-13H,6-7,10H2,(H,17,18)/t12-,13+/m0/s1. The van der Waals surface area contributed by atoms with Crippen LogP contribution in [0, 0.1) is 5.92 Å². The smallest absolute Gasteiger partial charge is 0.223 e. The molecule has 1 aliphatic carbocycles. The molecule has 0 spiro atoms. The summed E-state index contributed by atoms with van der Waals surface area (Å²) in [5, 5.41) is 6.05. The highest BCUT2D eigenvalue weighted by Crippen LogP contribution is 2.47. The van der Waals surface area contributed by atoms with Crippen molar-refractivity contribution in [2.45, 2.75) is 18.8 Å². The van der Waals surface area contributed by atoms with Crippen LogP contribution in [0.5, 0.6) is 0 Å². The number of hydrogen-bond acceptors (Lipinski definition) is 3. The molecular formula is C15H16N2OS.